The van der Waals surface area contributed by atoms with Crippen LogP contribution in [0.5, 0.6) is 5.75 Å². The second-order valence-electron chi connectivity index (χ2n) is 7.21. The maximum absolute atomic E-state index is 13.6. The molecule has 0 bridgehead atoms. The topological polar surface area (TPSA) is 64.6 Å². The van der Waals surface area contributed by atoms with Crippen molar-refractivity contribution in [2.24, 2.45) is 0 Å². The number of unbranched alkanes of at least 4 members (excludes halogenated alkanes) is 5. The zero-order chi connectivity index (χ0) is 19.4. The Labute approximate surface area is 155 Å². The molecule has 1 aromatic rings. The van der Waals surface area contributed by atoms with Gasteiger partial charge in [-0.05, 0) is 51.8 Å². The van der Waals surface area contributed by atoms with Gasteiger partial charge < -0.3 is 14.8 Å². The fourth-order valence-electron chi connectivity index (χ4n) is 2.33. The number of aldehydes is 1. The van der Waals surface area contributed by atoms with E-state index in [1.807, 2.05) is 20.8 Å². The van der Waals surface area contributed by atoms with Gasteiger partial charge in [0, 0.05) is 12.1 Å². The Bertz CT molecular complexity index is 569. The minimum Gasteiger partial charge on any atom is -0.491 e. The molecule has 1 rings (SSSR count). The predicted molar refractivity (Wildman–Crippen MR) is 99.2 cm³/mol. The molecule has 5 nitrogen and oxygen atoms in total. The van der Waals surface area contributed by atoms with Crippen molar-refractivity contribution in [2.75, 3.05) is 13.2 Å². The lowest BCUT2D eigenvalue weighted by atomic mass is 10.1. The molecule has 0 unspecified atom stereocenters. The molecule has 0 spiro atoms. The largest absolute Gasteiger partial charge is 0.491 e. The highest BCUT2D eigenvalue weighted by Gasteiger charge is 2.15. The monoisotopic (exact) mass is 367 g/mol. The fourth-order valence-corrected chi connectivity index (χ4v) is 2.33. The lowest BCUT2D eigenvalue weighted by Crippen LogP contribution is -2.32. The Morgan fingerprint density at radius 1 is 1.12 bits per heavy atom. The van der Waals surface area contributed by atoms with Crippen LogP contribution >= 0.6 is 0 Å². The normalized spacial score (nSPS) is 11.1. The number of hydrogen-bond donors (Lipinski definition) is 1. The number of carbonyl (C=O) groups excluding carboxylic acids is 2. The molecular formula is C20H30FNO4. The first-order chi connectivity index (χ1) is 12.3. The van der Waals surface area contributed by atoms with Crippen LogP contribution in [0.25, 0.3) is 0 Å². The van der Waals surface area contributed by atoms with Crippen LogP contribution in [-0.2, 0) is 4.74 Å². The van der Waals surface area contributed by atoms with Crippen molar-refractivity contribution in [3.63, 3.8) is 0 Å². The van der Waals surface area contributed by atoms with Crippen molar-refractivity contribution >= 4 is 12.4 Å². The summed E-state index contributed by atoms with van der Waals surface area (Å²) in [6.07, 6.45) is 6.21. The lowest BCUT2D eigenvalue weighted by molar-refractivity contribution is 0.0527. The van der Waals surface area contributed by atoms with Gasteiger partial charge in [0.15, 0.2) is 11.6 Å². The summed E-state index contributed by atoms with van der Waals surface area (Å²) in [5.41, 5.74) is -0.165. The number of ether oxygens (including phenoxy) is 2. The smallest absolute Gasteiger partial charge is 0.407 e. The number of carbonyl (C=O) groups is 2. The quantitative estimate of drug-likeness (QED) is 0.447. The first-order valence-electron chi connectivity index (χ1n) is 9.16. The molecule has 26 heavy (non-hydrogen) atoms. The first kappa shape index (κ1) is 21.9. The zero-order valence-electron chi connectivity index (χ0n) is 16.0. The maximum atomic E-state index is 13.6. The van der Waals surface area contributed by atoms with Crippen LogP contribution in [0.4, 0.5) is 9.18 Å². The van der Waals surface area contributed by atoms with Crippen LogP contribution in [0, 0.1) is 5.82 Å². The van der Waals surface area contributed by atoms with Gasteiger partial charge >= 0.3 is 6.09 Å². The van der Waals surface area contributed by atoms with Gasteiger partial charge in [-0.2, -0.15) is 0 Å². The molecule has 0 saturated heterocycles. The highest BCUT2D eigenvalue weighted by Crippen LogP contribution is 2.18. The highest BCUT2D eigenvalue weighted by atomic mass is 19.1. The van der Waals surface area contributed by atoms with Crippen molar-refractivity contribution in [1.82, 2.24) is 5.32 Å². The minimum absolute atomic E-state index is 0.184. The third-order valence-corrected chi connectivity index (χ3v) is 3.59. The Balaban J connectivity index is 1.98. The van der Waals surface area contributed by atoms with E-state index in [2.05, 4.69) is 5.32 Å². The summed E-state index contributed by atoms with van der Waals surface area (Å²) in [5.74, 6) is -0.323. The molecule has 0 aliphatic rings. The highest BCUT2D eigenvalue weighted by molar-refractivity contribution is 5.74. The summed E-state index contributed by atoms with van der Waals surface area (Å²) in [5, 5.41) is 2.74. The molecule has 1 amide bonds. The van der Waals surface area contributed by atoms with E-state index in [0.717, 1.165) is 38.5 Å². The molecule has 146 valence electrons. The molecule has 1 aromatic carbocycles. The molecule has 1 N–H and O–H groups in total. The molecule has 0 atom stereocenters. The van der Waals surface area contributed by atoms with E-state index in [4.69, 9.17) is 9.47 Å². The third kappa shape index (κ3) is 10.0. The third-order valence-electron chi connectivity index (χ3n) is 3.59. The lowest BCUT2D eigenvalue weighted by Gasteiger charge is -2.19. The molecule has 0 radical (unpaired) electrons. The van der Waals surface area contributed by atoms with Gasteiger partial charge in [0.05, 0.1) is 6.61 Å². The molecule has 0 aliphatic carbocycles. The number of halogens is 1. The summed E-state index contributed by atoms with van der Waals surface area (Å²) >= 11 is 0. The van der Waals surface area contributed by atoms with E-state index in [-0.39, 0.29) is 11.8 Å². The van der Waals surface area contributed by atoms with E-state index in [1.54, 1.807) is 0 Å². The van der Waals surface area contributed by atoms with Crippen LogP contribution in [-0.4, -0.2) is 31.1 Å². The standard InChI is InChI=1S/C20H30FNO4/c1-20(2,3)26-19(24)22-12-8-6-4-5-7-9-13-25-18-11-10-16(15-23)14-17(18)21/h10-11,14-15H,4-9,12-13H2,1-3H3,(H,22,24). The fraction of sp³-hybridized carbons (Fsp3) is 0.600. The summed E-state index contributed by atoms with van der Waals surface area (Å²) in [6, 6.07) is 4.20. The van der Waals surface area contributed by atoms with E-state index >= 15 is 0 Å². The van der Waals surface area contributed by atoms with Crippen molar-refractivity contribution in [2.45, 2.75) is 64.9 Å². The van der Waals surface area contributed by atoms with Crippen molar-refractivity contribution in [3.05, 3.63) is 29.6 Å². The summed E-state index contributed by atoms with van der Waals surface area (Å²) in [4.78, 5) is 22.0. The van der Waals surface area contributed by atoms with Gasteiger partial charge in [0.2, 0.25) is 0 Å². The Kier molecular flexibility index (Phi) is 9.70. The van der Waals surface area contributed by atoms with Gasteiger partial charge in [-0.15, -0.1) is 0 Å². The summed E-state index contributed by atoms with van der Waals surface area (Å²) in [6.45, 7) is 6.59. The van der Waals surface area contributed by atoms with Crippen molar-refractivity contribution in [1.29, 1.82) is 0 Å². The van der Waals surface area contributed by atoms with E-state index in [1.165, 1.54) is 18.2 Å². The maximum Gasteiger partial charge on any atom is 0.407 e. The number of amides is 1. The molecule has 6 heteroatoms. The zero-order valence-corrected chi connectivity index (χ0v) is 16.0. The molecular weight excluding hydrogens is 337 g/mol. The Hall–Kier alpha value is -2.11. The van der Waals surface area contributed by atoms with Crippen LogP contribution in [0.1, 0.15) is 69.7 Å². The van der Waals surface area contributed by atoms with Gasteiger partial charge in [-0.3, -0.25) is 4.79 Å². The molecule has 0 saturated carbocycles. The number of nitrogens with one attached hydrogen (secondary N) is 1. The van der Waals surface area contributed by atoms with Gasteiger partial charge in [0.1, 0.15) is 11.9 Å². The van der Waals surface area contributed by atoms with Gasteiger partial charge in [-0.1, -0.05) is 25.7 Å². The number of rotatable bonds is 11. The first-order valence-corrected chi connectivity index (χ1v) is 9.16. The SMILES string of the molecule is CC(C)(C)OC(=O)NCCCCCCCCOc1ccc(C=O)cc1F. The van der Waals surface area contributed by atoms with Crippen LogP contribution in [0.3, 0.4) is 0 Å². The predicted octanol–water partition coefficient (Wildman–Crippen LogP) is 4.88. The molecule has 0 aromatic heterocycles. The minimum atomic E-state index is -0.507. The second-order valence-corrected chi connectivity index (χ2v) is 7.21. The summed E-state index contributed by atoms with van der Waals surface area (Å²) < 4.78 is 24.2. The number of benzene rings is 1. The molecule has 0 heterocycles. The molecule has 0 fully saturated rings. The van der Waals surface area contributed by atoms with Crippen molar-refractivity contribution < 1.29 is 23.5 Å². The average Bonchev–Trinajstić information content (AvgIpc) is 2.56. The van der Waals surface area contributed by atoms with E-state index < -0.39 is 11.4 Å². The number of hydrogen-bond acceptors (Lipinski definition) is 4. The number of alkyl carbamates (subject to hydrolysis) is 1. The second kappa shape index (κ2) is 11.5. The van der Waals surface area contributed by atoms with E-state index in [0.29, 0.717) is 25.0 Å². The summed E-state index contributed by atoms with van der Waals surface area (Å²) in [7, 11) is 0. The Morgan fingerprint density at radius 3 is 2.38 bits per heavy atom. The van der Waals surface area contributed by atoms with Crippen LogP contribution in [0.15, 0.2) is 18.2 Å². The van der Waals surface area contributed by atoms with Crippen LogP contribution in [0.2, 0.25) is 0 Å². The van der Waals surface area contributed by atoms with Gasteiger partial charge in [0.25, 0.3) is 0 Å². The van der Waals surface area contributed by atoms with Crippen molar-refractivity contribution in [3.8, 4) is 5.75 Å². The Morgan fingerprint density at radius 2 is 1.77 bits per heavy atom. The van der Waals surface area contributed by atoms with E-state index in [9.17, 15) is 14.0 Å². The average molecular weight is 367 g/mol. The van der Waals surface area contributed by atoms with Gasteiger partial charge in [-0.25, -0.2) is 9.18 Å². The molecule has 0 aliphatic heterocycles. The van der Waals surface area contributed by atoms with Crippen LogP contribution < -0.4 is 10.1 Å².